The average molecular weight is 403 g/mol. The quantitative estimate of drug-likeness (QED) is 0.590. The number of benzene rings is 1. The van der Waals surface area contributed by atoms with Gasteiger partial charge in [0.15, 0.2) is 5.76 Å². The van der Waals surface area contributed by atoms with Crippen LogP contribution in [-0.2, 0) is 12.8 Å². The summed E-state index contributed by atoms with van der Waals surface area (Å²) in [6, 6.07) is 10.5. The molecular weight excluding hydrogens is 391 g/mol. The predicted molar refractivity (Wildman–Crippen MR) is 103 cm³/mol. The Morgan fingerprint density at radius 3 is 2.85 bits per heavy atom. The van der Waals surface area contributed by atoms with Crippen LogP contribution in [0.5, 0.6) is 0 Å². The molecule has 0 spiro atoms. The normalized spacial score (nSPS) is 12.7. The summed E-state index contributed by atoms with van der Waals surface area (Å²) in [7, 11) is 0. The summed E-state index contributed by atoms with van der Waals surface area (Å²) in [4.78, 5) is 13.7. The average Bonchev–Trinajstić information content (AvgIpc) is 3.30. The smallest absolute Gasteiger partial charge is 0.292 e. The Labute approximate surface area is 164 Å². The van der Waals surface area contributed by atoms with Crippen LogP contribution in [0.2, 0.25) is 10.0 Å². The van der Waals surface area contributed by atoms with Crippen molar-refractivity contribution >= 4 is 45.4 Å². The molecule has 0 bridgehead atoms. The van der Waals surface area contributed by atoms with Crippen LogP contribution in [0.1, 0.15) is 33.0 Å². The summed E-state index contributed by atoms with van der Waals surface area (Å²) in [6.07, 6.45) is 2.92. The molecule has 0 fully saturated rings. The van der Waals surface area contributed by atoms with Crippen LogP contribution in [0.3, 0.4) is 0 Å². The molecule has 0 saturated carbocycles. The molecule has 130 valence electrons. The Kier molecular flexibility index (Phi) is 4.49. The lowest BCUT2D eigenvalue weighted by Gasteiger charge is -2.03. The van der Waals surface area contributed by atoms with Crippen molar-refractivity contribution in [3.63, 3.8) is 0 Å². The maximum absolute atomic E-state index is 12.5. The molecule has 26 heavy (non-hydrogen) atoms. The number of anilines is 1. The highest BCUT2D eigenvalue weighted by Crippen LogP contribution is 2.39. The third kappa shape index (κ3) is 3.01. The minimum absolute atomic E-state index is 0.156. The van der Waals surface area contributed by atoms with E-state index in [1.165, 1.54) is 16.2 Å². The number of amides is 1. The monoisotopic (exact) mass is 402 g/mol. The summed E-state index contributed by atoms with van der Waals surface area (Å²) >= 11 is 13.6. The number of hydrogen-bond donors (Lipinski definition) is 1. The maximum atomic E-state index is 12.5. The van der Waals surface area contributed by atoms with Crippen LogP contribution in [0, 0.1) is 11.3 Å². The summed E-state index contributed by atoms with van der Waals surface area (Å²) in [5.74, 6) is 0.243. The van der Waals surface area contributed by atoms with Crippen molar-refractivity contribution in [2.24, 2.45) is 0 Å². The largest absolute Gasteiger partial charge is 0.451 e. The molecular formula is C19H12Cl2N2O2S. The van der Waals surface area contributed by atoms with Gasteiger partial charge in [-0.05, 0) is 55.2 Å². The molecule has 0 saturated heterocycles. The van der Waals surface area contributed by atoms with Crippen molar-refractivity contribution in [1.29, 1.82) is 5.26 Å². The van der Waals surface area contributed by atoms with E-state index in [1.807, 2.05) is 0 Å². The molecule has 7 heteroatoms. The highest BCUT2D eigenvalue weighted by molar-refractivity contribution is 7.16. The first kappa shape index (κ1) is 17.2. The number of rotatable bonds is 3. The Hall–Kier alpha value is -2.26. The highest BCUT2D eigenvalue weighted by Gasteiger charge is 2.24. The van der Waals surface area contributed by atoms with Crippen LogP contribution in [0.15, 0.2) is 34.7 Å². The van der Waals surface area contributed by atoms with Gasteiger partial charge in [-0.1, -0.05) is 23.2 Å². The standard InChI is InChI=1S/C19H12Cl2N2O2S/c20-10-4-5-12(14(21)8-10)15-6-7-16(25-15)18(24)23-19-13(9-22)11-2-1-3-17(11)26-19/h4-8H,1-3H2,(H,23,24). The molecule has 4 rings (SSSR count). The van der Waals surface area contributed by atoms with Crippen molar-refractivity contribution in [3.05, 3.63) is 62.1 Å². The van der Waals surface area contributed by atoms with E-state index < -0.39 is 5.91 Å². The predicted octanol–water partition coefficient (Wildman–Crippen LogP) is 5.93. The lowest BCUT2D eigenvalue weighted by molar-refractivity contribution is 0.0998. The van der Waals surface area contributed by atoms with Crippen molar-refractivity contribution in [3.8, 4) is 17.4 Å². The summed E-state index contributed by atoms with van der Waals surface area (Å²) in [6.45, 7) is 0. The minimum Gasteiger partial charge on any atom is -0.451 e. The second-order valence-electron chi connectivity index (χ2n) is 5.92. The number of furan rings is 1. The Balaban J connectivity index is 1.59. The minimum atomic E-state index is -0.391. The van der Waals surface area contributed by atoms with E-state index in [1.54, 1.807) is 30.3 Å². The van der Waals surface area contributed by atoms with Gasteiger partial charge in [-0.3, -0.25) is 4.79 Å². The number of nitrogens with zero attached hydrogens (tertiary/aromatic N) is 1. The number of hydrogen-bond acceptors (Lipinski definition) is 4. The molecule has 4 nitrogen and oxygen atoms in total. The van der Waals surface area contributed by atoms with Crippen LogP contribution >= 0.6 is 34.5 Å². The van der Waals surface area contributed by atoms with Gasteiger partial charge in [0, 0.05) is 15.5 Å². The van der Waals surface area contributed by atoms with Crippen molar-refractivity contribution < 1.29 is 9.21 Å². The van der Waals surface area contributed by atoms with E-state index in [2.05, 4.69) is 11.4 Å². The summed E-state index contributed by atoms with van der Waals surface area (Å²) in [5.41, 5.74) is 2.30. The number of nitrogens with one attached hydrogen (secondary N) is 1. The highest BCUT2D eigenvalue weighted by atomic mass is 35.5. The van der Waals surface area contributed by atoms with Gasteiger partial charge in [0.2, 0.25) is 0 Å². The van der Waals surface area contributed by atoms with Gasteiger partial charge in [0.25, 0.3) is 5.91 Å². The molecule has 2 heterocycles. The van der Waals surface area contributed by atoms with E-state index in [0.29, 0.717) is 31.9 Å². The number of carbonyl (C=O) groups excluding carboxylic acids is 1. The molecule has 1 aliphatic carbocycles. The topological polar surface area (TPSA) is 66.0 Å². The van der Waals surface area contributed by atoms with Crippen molar-refractivity contribution in [2.45, 2.75) is 19.3 Å². The van der Waals surface area contributed by atoms with E-state index in [-0.39, 0.29) is 5.76 Å². The van der Waals surface area contributed by atoms with Gasteiger partial charge in [0.05, 0.1) is 10.6 Å². The molecule has 3 aromatic rings. The Morgan fingerprint density at radius 1 is 1.23 bits per heavy atom. The zero-order valence-corrected chi connectivity index (χ0v) is 15.8. The molecule has 0 aliphatic heterocycles. The first-order valence-corrected chi connectivity index (χ1v) is 9.55. The first-order chi connectivity index (χ1) is 12.6. The number of aryl methyl sites for hydroxylation is 1. The maximum Gasteiger partial charge on any atom is 0.292 e. The van der Waals surface area contributed by atoms with E-state index in [0.717, 1.165) is 24.8 Å². The zero-order chi connectivity index (χ0) is 18.3. The van der Waals surface area contributed by atoms with E-state index >= 15 is 0 Å². The molecule has 1 aliphatic rings. The third-order valence-electron chi connectivity index (χ3n) is 4.29. The Morgan fingerprint density at radius 2 is 2.08 bits per heavy atom. The second-order valence-corrected chi connectivity index (χ2v) is 7.86. The van der Waals surface area contributed by atoms with E-state index in [9.17, 15) is 10.1 Å². The van der Waals surface area contributed by atoms with Crippen molar-refractivity contribution in [1.82, 2.24) is 0 Å². The van der Waals surface area contributed by atoms with E-state index in [4.69, 9.17) is 27.6 Å². The van der Waals surface area contributed by atoms with Crippen LogP contribution in [-0.4, -0.2) is 5.91 Å². The molecule has 1 aromatic carbocycles. The molecule has 0 atom stereocenters. The summed E-state index contributed by atoms with van der Waals surface area (Å²) in [5, 5.41) is 13.8. The number of nitriles is 1. The molecule has 0 radical (unpaired) electrons. The Bertz CT molecular complexity index is 1060. The van der Waals surface area contributed by atoms with Crippen LogP contribution in [0.25, 0.3) is 11.3 Å². The zero-order valence-electron chi connectivity index (χ0n) is 13.4. The number of halogens is 2. The van der Waals surface area contributed by atoms with Gasteiger partial charge in [-0.2, -0.15) is 5.26 Å². The van der Waals surface area contributed by atoms with Gasteiger partial charge >= 0.3 is 0 Å². The third-order valence-corrected chi connectivity index (χ3v) is 6.04. The van der Waals surface area contributed by atoms with Gasteiger partial charge in [-0.25, -0.2) is 0 Å². The van der Waals surface area contributed by atoms with Crippen LogP contribution < -0.4 is 5.32 Å². The molecule has 2 aromatic heterocycles. The fourth-order valence-electron chi connectivity index (χ4n) is 3.07. The molecule has 1 amide bonds. The molecule has 1 N–H and O–H groups in total. The van der Waals surface area contributed by atoms with Crippen molar-refractivity contribution in [2.75, 3.05) is 5.32 Å². The first-order valence-electron chi connectivity index (χ1n) is 7.98. The lowest BCUT2D eigenvalue weighted by atomic mass is 10.1. The number of carbonyl (C=O) groups is 1. The lowest BCUT2D eigenvalue weighted by Crippen LogP contribution is -2.10. The van der Waals surface area contributed by atoms with Gasteiger partial charge in [0.1, 0.15) is 16.8 Å². The number of fused-ring (bicyclic) bond motifs is 1. The molecule has 0 unspecified atom stereocenters. The summed E-state index contributed by atoms with van der Waals surface area (Å²) < 4.78 is 5.66. The second kappa shape index (κ2) is 6.81. The van der Waals surface area contributed by atoms with Gasteiger partial charge < -0.3 is 9.73 Å². The van der Waals surface area contributed by atoms with Crippen LogP contribution in [0.4, 0.5) is 5.00 Å². The fraction of sp³-hybridized carbons (Fsp3) is 0.158. The number of thiophene rings is 1. The van der Waals surface area contributed by atoms with Gasteiger partial charge in [-0.15, -0.1) is 11.3 Å². The fourth-order valence-corrected chi connectivity index (χ4v) is 4.81. The SMILES string of the molecule is N#Cc1c(NC(=O)c2ccc(-c3ccc(Cl)cc3Cl)o2)sc2c1CCC2.